The van der Waals surface area contributed by atoms with Crippen LogP contribution in [0, 0.1) is 17.7 Å². The summed E-state index contributed by atoms with van der Waals surface area (Å²) in [5.41, 5.74) is 0.912. The molecule has 2 saturated heterocycles. The predicted molar refractivity (Wildman–Crippen MR) is 92.0 cm³/mol. The van der Waals surface area contributed by atoms with E-state index in [9.17, 15) is 14.0 Å². The number of hydrogen-bond donors (Lipinski definition) is 0. The fourth-order valence-electron chi connectivity index (χ4n) is 3.48. The van der Waals surface area contributed by atoms with Gasteiger partial charge in [0.25, 0.3) is 5.91 Å². The number of nitrogens with zero attached hydrogens (tertiary/aromatic N) is 3. The maximum Gasteiger partial charge on any atom is 0.320 e. The second-order valence-corrected chi connectivity index (χ2v) is 6.45. The minimum absolute atomic E-state index is 0.00907. The second-order valence-electron chi connectivity index (χ2n) is 6.45. The highest BCUT2D eigenvalue weighted by Gasteiger charge is 2.36. The Morgan fingerprint density at radius 2 is 2.00 bits per heavy atom. The average Bonchev–Trinajstić information content (AvgIpc) is 2.98. The van der Waals surface area contributed by atoms with Crippen molar-refractivity contribution in [1.29, 1.82) is 0 Å². The molecule has 0 aromatic heterocycles. The van der Waals surface area contributed by atoms with Crippen molar-refractivity contribution in [3.63, 3.8) is 0 Å². The summed E-state index contributed by atoms with van der Waals surface area (Å²) >= 11 is 0. The van der Waals surface area contributed by atoms with Crippen LogP contribution in [0.15, 0.2) is 24.3 Å². The lowest BCUT2D eigenvalue weighted by molar-refractivity contribution is -0.126. The molecule has 1 unspecified atom stereocenters. The van der Waals surface area contributed by atoms with Crippen LogP contribution in [0.1, 0.15) is 25.3 Å². The maximum absolute atomic E-state index is 13.0. The molecule has 2 aliphatic rings. The first-order valence-corrected chi connectivity index (χ1v) is 8.60. The van der Waals surface area contributed by atoms with Gasteiger partial charge in [0, 0.05) is 32.7 Å². The number of carbonyl (C=O) groups is 2. The average molecular weight is 343 g/mol. The van der Waals surface area contributed by atoms with Crippen molar-refractivity contribution >= 4 is 11.9 Å². The van der Waals surface area contributed by atoms with Crippen LogP contribution in [0.25, 0.3) is 0 Å². The molecule has 2 fully saturated rings. The van der Waals surface area contributed by atoms with Crippen LogP contribution in [0.4, 0.5) is 9.18 Å². The molecule has 3 amide bonds. The topological polar surface area (TPSA) is 43.9 Å². The predicted octanol–water partition coefficient (Wildman–Crippen LogP) is 2.08. The van der Waals surface area contributed by atoms with E-state index >= 15 is 0 Å². The molecule has 25 heavy (non-hydrogen) atoms. The number of halogens is 1. The first-order valence-electron chi connectivity index (χ1n) is 8.60. The standard InChI is InChI=1S/C19H22FN3O2/c1-2-4-18(24)21-10-3-5-17(14-21)23-12-11-22(19(23)25)13-15-6-8-16(20)9-7-15/h6-9,17H,3,5,10-14H2,1H3. The molecule has 6 heteroatoms. The summed E-state index contributed by atoms with van der Waals surface area (Å²) in [6.45, 7) is 4.68. The van der Waals surface area contributed by atoms with Crippen LogP contribution in [0.5, 0.6) is 0 Å². The molecule has 0 spiro atoms. The quantitative estimate of drug-likeness (QED) is 0.789. The number of amides is 3. The van der Waals surface area contributed by atoms with Crippen LogP contribution in [0.3, 0.4) is 0 Å². The van der Waals surface area contributed by atoms with Crippen LogP contribution < -0.4 is 0 Å². The van der Waals surface area contributed by atoms with Crippen LogP contribution >= 0.6 is 0 Å². The third kappa shape index (κ3) is 3.93. The van der Waals surface area contributed by atoms with Gasteiger partial charge in [0.05, 0.1) is 6.04 Å². The van der Waals surface area contributed by atoms with Crippen molar-refractivity contribution in [3.05, 3.63) is 35.6 Å². The van der Waals surface area contributed by atoms with Gasteiger partial charge in [-0.1, -0.05) is 18.1 Å². The van der Waals surface area contributed by atoms with Crippen molar-refractivity contribution in [3.8, 4) is 11.8 Å². The molecule has 1 aromatic carbocycles. The Hall–Kier alpha value is -2.55. The van der Waals surface area contributed by atoms with Crippen LogP contribution in [-0.4, -0.2) is 58.9 Å². The number of rotatable bonds is 3. The van der Waals surface area contributed by atoms with E-state index in [0.29, 0.717) is 32.7 Å². The lowest BCUT2D eigenvalue weighted by Gasteiger charge is -2.36. The molecular formula is C19H22FN3O2. The number of urea groups is 1. The fourth-order valence-corrected chi connectivity index (χ4v) is 3.48. The number of benzene rings is 1. The molecule has 132 valence electrons. The Bertz CT molecular complexity index is 708. The molecule has 0 saturated carbocycles. The Balaban J connectivity index is 1.61. The van der Waals surface area contributed by atoms with Gasteiger partial charge >= 0.3 is 6.03 Å². The van der Waals surface area contributed by atoms with Crippen molar-refractivity contribution < 1.29 is 14.0 Å². The molecule has 0 N–H and O–H groups in total. The summed E-state index contributed by atoms with van der Waals surface area (Å²) in [6.07, 6.45) is 1.78. The lowest BCUT2D eigenvalue weighted by atomic mass is 10.0. The molecule has 1 atom stereocenters. The molecule has 0 bridgehead atoms. The van der Waals surface area contributed by atoms with Gasteiger partial charge in [0.2, 0.25) is 0 Å². The number of piperidine rings is 1. The lowest BCUT2D eigenvalue weighted by Crippen LogP contribution is -2.50. The van der Waals surface area contributed by atoms with Gasteiger partial charge in [-0.2, -0.15) is 0 Å². The van der Waals surface area contributed by atoms with Gasteiger partial charge in [-0.3, -0.25) is 4.79 Å². The van der Waals surface area contributed by atoms with E-state index in [1.54, 1.807) is 28.9 Å². The maximum atomic E-state index is 13.0. The first-order chi connectivity index (χ1) is 12.1. The summed E-state index contributed by atoms with van der Waals surface area (Å²) in [5.74, 6) is 4.77. The van der Waals surface area contributed by atoms with Gasteiger partial charge < -0.3 is 14.7 Å². The highest BCUT2D eigenvalue weighted by Crippen LogP contribution is 2.22. The zero-order valence-corrected chi connectivity index (χ0v) is 14.4. The highest BCUT2D eigenvalue weighted by molar-refractivity contribution is 5.93. The van der Waals surface area contributed by atoms with E-state index in [0.717, 1.165) is 18.4 Å². The van der Waals surface area contributed by atoms with Crippen LogP contribution in [0.2, 0.25) is 0 Å². The zero-order valence-electron chi connectivity index (χ0n) is 14.4. The fraction of sp³-hybridized carbons (Fsp3) is 0.474. The van der Waals surface area contributed by atoms with Gasteiger partial charge in [0.1, 0.15) is 5.82 Å². The van der Waals surface area contributed by atoms with E-state index in [-0.39, 0.29) is 23.8 Å². The van der Waals surface area contributed by atoms with Crippen LogP contribution in [-0.2, 0) is 11.3 Å². The Labute approximate surface area is 147 Å². The minimum Gasteiger partial charge on any atom is -0.330 e. The number of hydrogen-bond acceptors (Lipinski definition) is 2. The second kappa shape index (κ2) is 7.56. The van der Waals surface area contributed by atoms with E-state index in [2.05, 4.69) is 11.8 Å². The van der Waals surface area contributed by atoms with Gasteiger partial charge in [-0.25, -0.2) is 9.18 Å². The third-order valence-corrected chi connectivity index (χ3v) is 4.77. The summed E-state index contributed by atoms with van der Waals surface area (Å²) in [7, 11) is 0. The summed E-state index contributed by atoms with van der Waals surface area (Å²) < 4.78 is 13.0. The van der Waals surface area contributed by atoms with Gasteiger partial charge in [0.15, 0.2) is 0 Å². The van der Waals surface area contributed by atoms with Crippen molar-refractivity contribution in [2.24, 2.45) is 0 Å². The molecule has 1 aromatic rings. The summed E-state index contributed by atoms with van der Waals surface area (Å²) in [6, 6.07) is 6.26. The first kappa shape index (κ1) is 17.3. The van der Waals surface area contributed by atoms with Crippen molar-refractivity contribution in [1.82, 2.24) is 14.7 Å². The van der Waals surface area contributed by atoms with Gasteiger partial charge in [-0.15, -0.1) is 0 Å². The monoisotopic (exact) mass is 343 g/mol. The normalized spacial score (nSPS) is 20.5. The van der Waals surface area contributed by atoms with E-state index in [1.165, 1.54) is 12.1 Å². The SMILES string of the molecule is CC#CC(=O)N1CCCC(N2CCN(Cc3ccc(F)cc3)C2=O)C1. The molecule has 2 heterocycles. The molecule has 3 rings (SSSR count). The minimum atomic E-state index is -0.278. The third-order valence-electron chi connectivity index (χ3n) is 4.77. The van der Waals surface area contributed by atoms with Crippen molar-refractivity contribution in [2.45, 2.75) is 32.4 Å². The summed E-state index contributed by atoms with van der Waals surface area (Å²) in [5, 5.41) is 0. The smallest absolute Gasteiger partial charge is 0.320 e. The molecule has 2 aliphatic heterocycles. The summed E-state index contributed by atoms with van der Waals surface area (Å²) in [4.78, 5) is 30.1. The highest BCUT2D eigenvalue weighted by atomic mass is 19.1. The Kier molecular flexibility index (Phi) is 5.22. The number of likely N-dealkylation sites (tertiary alicyclic amines) is 1. The molecular weight excluding hydrogens is 321 g/mol. The molecule has 0 radical (unpaired) electrons. The molecule has 5 nitrogen and oxygen atoms in total. The van der Waals surface area contributed by atoms with Gasteiger partial charge in [-0.05, 0) is 43.4 Å². The molecule has 0 aliphatic carbocycles. The van der Waals surface area contributed by atoms with E-state index < -0.39 is 0 Å². The largest absolute Gasteiger partial charge is 0.330 e. The zero-order chi connectivity index (χ0) is 17.8. The Morgan fingerprint density at radius 3 is 2.72 bits per heavy atom. The van der Waals surface area contributed by atoms with E-state index in [1.807, 2.05) is 4.90 Å². The Morgan fingerprint density at radius 1 is 1.24 bits per heavy atom. The van der Waals surface area contributed by atoms with E-state index in [4.69, 9.17) is 0 Å². The van der Waals surface area contributed by atoms with Crippen molar-refractivity contribution in [2.75, 3.05) is 26.2 Å². The number of carbonyl (C=O) groups excluding carboxylic acids is 2.